The first kappa shape index (κ1) is 18.7. The standard InChI is InChI=1S/C25H22N2O2/c1-2-29-21-11-8-18(9-12-21)22-13-10-20(24-17-26-15-14-23(22)24)16-27-25(28)19-6-4-3-5-7-19/h3-15,17H,2,16H2,1H3,(H,27,28). The summed E-state index contributed by atoms with van der Waals surface area (Å²) in [5, 5.41) is 5.15. The van der Waals surface area contributed by atoms with Gasteiger partial charge >= 0.3 is 0 Å². The van der Waals surface area contributed by atoms with Crippen LogP contribution in [0.4, 0.5) is 0 Å². The van der Waals surface area contributed by atoms with E-state index in [-0.39, 0.29) is 5.91 Å². The Balaban J connectivity index is 1.62. The highest BCUT2D eigenvalue weighted by Gasteiger charge is 2.10. The number of benzene rings is 3. The molecule has 4 heteroatoms. The SMILES string of the molecule is CCOc1ccc(-c2ccc(CNC(=O)c3ccccc3)c3cnccc23)cc1. The first-order chi connectivity index (χ1) is 14.3. The summed E-state index contributed by atoms with van der Waals surface area (Å²) in [6.45, 7) is 3.07. The molecule has 4 nitrogen and oxygen atoms in total. The van der Waals surface area contributed by atoms with Crippen LogP contribution in [0.2, 0.25) is 0 Å². The van der Waals surface area contributed by atoms with Gasteiger partial charge in [0, 0.05) is 29.9 Å². The fourth-order valence-corrected chi connectivity index (χ4v) is 3.42. The Morgan fingerprint density at radius 1 is 0.931 bits per heavy atom. The summed E-state index contributed by atoms with van der Waals surface area (Å²) < 4.78 is 5.54. The molecule has 1 N–H and O–H groups in total. The van der Waals surface area contributed by atoms with Gasteiger partial charge in [-0.2, -0.15) is 0 Å². The third-order valence-corrected chi connectivity index (χ3v) is 4.86. The summed E-state index contributed by atoms with van der Waals surface area (Å²) in [4.78, 5) is 16.7. The molecule has 0 fully saturated rings. The second-order valence-corrected chi connectivity index (χ2v) is 6.70. The number of hydrogen-bond acceptors (Lipinski definition) is 3. The minimum Gasteiger partial charge on any atom is -0.494 e. The van der Waals surface area contributed by atoms with Crippen molar-refractivity contribution in [3.05, 3.63) is 96.3 Å². The van der Waals surface area contributed by atoms with Gasteiger partial charge in [-0.25, -0.2) is 0 Å². The van der Waals surface area contributed by atoms with Gasteiger partial charge in [-0.1, -0.05) is 42.5 Å². The molecule has 0 aliphatic heterocycles. The smallest absolute Gasteiger partial charge is 0.251 e. The molecule has 0 atom stereocenters. The lowest BCUT2D eigenvalue weighted by Gasteiger charge is -2.13. The normalized spacial score (nSPS) is 10.7. The lowest BCUT2D eigenvalue weighted by atomic mass is 9.96. The number of aromatic nitrogens is 1. The van der Waals surface area contributed by atoms with Gasteiger partial charge in [-0.05, 0) is 59.3 Å². The van der Waals surface area contributed by atoms with Gasteiger partial charge < -0.3 is 10.1 Å². The molecule has 4 aromatic rings. The Labute approximate surface area is 170 Å². The van der Waals surface area contributed by atoms with Crippen LogP contribution in [0, 0.1) is 0 Å². The topological polar surface area (TPSA) is 51.2 Å². The number of nitrogens with zero attached hydrogens (tertiary/aromatic N) is 1. The van der Waals surface area contributed by atoms with Gasteiger partial charge in [0.2, 0.25) is 0 Å². The number of amides is 1. The van der Waals surface area contributed by atoms with Crippen molar-refractivity contribution in [2.45, 2.75) is 13.5 Å². The van der Waals surface area contributed by atoms with E-state index in [4.69, 9.17) is 4.74 Å². The van der Waals surface area contributed by atoms with Crippen LogP contribution >= 0.6 is 0 Å². The number of pyridine rings is 1. The Hall–Kier alpha value is -3.66. The quantitative estimate of drug-likeness (QED) is 0.497. The molecule has 1 amide bonds. The lowest BCUT2D eigenvalue weighted by molar-refractivity contribution is 0.0951. The first-order valence-electron chi connectivity index (χ1n) is 9.68. The Bertz CT molecular complexity index is 1120. The molecular weight excluding hydrogens is 360 g/mol. The molecule has 0 radical (unpaired) electrons. The predicted octanol–water partition coefficient (Wildman–Crippen LogP) is 5.23. The Morgan fingerprint density at radius 3 is 2.48 bits per heavy atom. The molecule has 0 spiro atoms. The molecule has 144 valence electrons. The molecule has 3 aromatic carbocycles. The summed E-state index contributed by atoms with van der Waals surface area (Å²) >= 11 is 0. The molecule has 0 saturated carbocycles. The fraction of sp³-hybridized carbons (Fsp3) is 0.120. The van der Waals surface area contributed by atoms with Crippen LogP contribution in [0.1, 0.15) is 22.8 Å². The number of nitrogens with one attached hydrogen (secondary N) is 1. The summed E-state index contributed by atoms with van der Waals surface area (Å²) in [5.41, 5.74) is 3.93. The molecule has 0 unspecified atom stereocenters. The number of rotatable bonds is 6. The first-order valence-corrected chi connectivity index (χ1v) is 9.68. The highest BCUT2D eigenvalue weighted by atomic mass is 16.5. The highest BCUT2D eigenvalue weighted by Crippen LogP contribution is 2.31. The zero-order valence-corrected chi connectivity index (χ0v) is 16.3. The van der Waals surface area contributed by atoms with E-state index in [1.165, 1.54) is 0 Å². The molecule has 4 rings (SSSR count). The van der Waals surface area contributed by atoms with Crippen LogP contribution in [0.25, 0.3) is 21.9 Å². The van der Waals surface area contributed by atoms with E-state index in [1.807, 2.05) is 61.7 Å². The molecule has 29 heavy (non-hydrogen) atoms. The number of hydrogen-bond donors (Lipinski definition) is 1. The monoisotopic (exact) mass is 382 g/mol. The summed E-state index contributed by atoms with van der Waals surface area (Å²) in [6.07, 6.45) is 3.66. The van der Waals surface area contributed by atoms with E-state index in [0.717, 1.165) is 33.2 Å². The summed E-state index contributed by atoms with van der Waals surface area (Å²) in [7, 11) is 0. The average Bonchev–Trinajstić information content (AvgIpc) is 2.78. The zero-order valence-electron chi connectivity index (χ0n) is 16.3. The van der Waals surface area contributed by atoms with E-state index < -0.39 is 0 Å². The van der Waals surface area contributed by atoms with E-state index in [2.05, 4.69) is 34.6 Å². The Morgan fingerprint density at radius 2 is 1.72 bits per heavy atom. The largest absolute Gasteiger partial charge is 0.494 e. The van der Waals surface area contributed by atoms with Crippen molar-refractivity contribution in [3.8, 4) is 16.9 Å². The number of ether oxygens (including phenoxy) is 1. The maximum absolute atomic E-state index is 12.4. The highest BCUT2D eigenvalue weighted by molar-refractivity contribution is 5.99. The van der Waals surface area contributed by atoms with Crippen LogP contribution in [-0.4, -0.2) is 17.5 Å². The van der Waals surface area contributed by atoms with Crippen molar-refractivity contribution in [2.24, 2.45) is 0 Å². The molecule has 1 aromatic heterocycles. The van der Waals surface area contributed by atoms with E-state index in [9.17, 15) is 4.79 Å². The zero-order chi connectivity index (χ0) is 20.1. The minimum absolute atomic E-state index is 0.0850. The van der Waals surface area contributed by atoms with Crippen LogP contribution in [0.3, 0.4) is 0 Å². The van der Waals surface area contributed by atoms with Crippen LogP contribution in [0.5, 0.6) is 5.75 Å². The summed E-state index contributed by atoms with van der Waals surface area (Å²) in [6, 6.07) is 23.5. The van der Waals surface area contributed by atoms with Crippen molar-refractivity contribution >= 4 is 16.7 Å². The van der Waals surface area contributed by atoms with Gasteiger partial charge in [0.1, 0.15) is 5.75 Å². The molecule has 1 heterocycles. The molecular formula is C25H22N2O2. The van der Waals surface area contributed by atoms with E-state index in [1.54, 1.807) is 6.20 Å². The van der Waals surface area contributed by atoms with Crippen molar-refractivity contribution < 1.29 is 9.53 Å². The van der Waals surface area contributed by atoms with Crippen LogP contribution in [-0.2, 0) is 6.54 Å². The van der Waals surface area contributed by atoms with Gasteiger partial charge in [0.25, 0.3) is 5.91 Å². The number of carbonyl (C=O) groups excluding carboxylic acids is 1. The van der Waals surface area contributed by atoms with E-state index >= 15 is 0 Å². The second kappa shape index (κ2) is 8.57. The van der Waals surface area contributed by atoms with Gasteiger partial charge in [-0.15, -0.1) is 0 Å². The summed E-state index contributed by atoms with van der Waals surface area (Å²) in [5.74, 6) is 0.778. The second-order valence-electron chi connectivity index (χ2n) is 6.70. The van der Waals surface area contributed by atoms with Crippen molar-refractivity contribution in [1.29, 1.82) is 0 Å². The molecule has 0 aliphatic carbocycles. The van der Waals surface area contributed by atoms with E-state index in [0.29, 0.717) is 18.7 Å². The molecule has 0 aliphatic rings. The van der Waals surface area contributed by atoms with Crippen molar-refractivity contribution in [2.75, 3.05) is 6.61 Å². The number of carbonyl (C=O) groups is 1. The fourth-order valence-electron chi connectivity index (χ4n) is 3.42. The minimum atomic E-state index is -0.0850. The molecule has 0 saturated heterocycles. The van der Waals surface area contributed by atoms with Crippen LogP contribution in [0.15, 0.2) is 85.2 Å². The maximum atomic E-state index is 12.4. The van der Waals surface area contributed by atoms with Gasteiger partial charge in [0.05, 0.1) is 6.61 Å². The third kappa shape index (κ3) is 4.11. The van der Waals surface area contributed by atoms with Gasteiger partial charge in [0.15, 0.2) is 0 Å². The van der Waals surface area contributed by atoms with Crippen molar-refractivity contribution in [3.63, 3.8) is 0 Å². The maximum Gasteiger partial charge on any atom is 0.251 e. The third-order valence-electron chi connectivity index (χ3n) is 4.86. The van der Waals surface area contributed by atoms with Crippen molar-refractivity contribution in [1.82, 2.24) is 10.3 Å². The number of fused-ring (bicyclic) bond motifs is 1. The van der Waals surface area contributed by atoms with Gasteiger partial charge in [-0.3, -0.25) is 9.78 Å². The average molecular weight is 382 g/mol. The predicted molar refractivity (Wildman–Crippen MR) is 116 cm³/mol. The molecule has 0 bridgehead atoms. The lowest BCUT2D eigenvalue weighted by Crippen LogP contribution is -2.22. The Kier molecular flexibility index (Phi) is 5.52. The van der Waals surface area contributed by atoms with Crippen LogP contribution < -0.4 is 10.1 Å².